The minimum Gasteiger partial charge on any atom is -0.463 e. The Balaban J connectivity index is 1.79. The number of H-pyrrole nitrogens is 1. The molecule has 0 amide bonds. The summed E-state index contributed by atoms with van der Waals surface area (Å²) in [5, 5.41) is 9.87. The van der Waals surface area contributed by atoms with Crippen molar-refractivity contribution >= 4 is 22.4 Å². The zero-order valence-corrected chi connectivity index (χ0v) is 11.7. The third kappa shape index (κ3) is 2.29. The van der Waals surface area contributed by atoms with Crippen LogP contribution in [-0.2, 0) is 0 Å². The minimum atomic E-state index is -0.745. The van der Waals surface area contributed by atoms with Gasteiger partial charge in [-0.3, -0.25) is 5.10 Å². The van der Waals surface area contributed by atoms with Gasteiger partial charge in [0.2, 0.25) is 0 Å². The van der Waals surface area contributed by atoms with E-state index in [0.717, 1.165) is 6.07 Å². The van der Waals surface area contributed by atoms with Crippen molar-refractivity contribution in [2.45, 2.75) is 6.17 Å². The first kappa shape index (κ1) is 13.6. The first-order valence-corrected chi connectivity index (χ1v) is 6.81. The molecule has 0 bridgehead atoms. The number of aromatic nitrogens is 2. The molecule has 8 heteroatoms. The Morgan fingerprint density at radius 3 is 2.91 bits per heavy atom. The van der Waals surface area contributed by atoms with E-state index in [2.05, 4.69) is 20.5 Å². The zero-order chi connectivity index (χ0) is 16.0. The number of benzene rings is 1. The fourth-order valence-electron chi connectivity index (χ4n) is 2.48. The maximum Gasteiger partial charge on any atom is 0.154 e. The molecule has 0 radical (unpaired) electrons. The smallest absolute Gasteiger partial charge is 0.154 e. The Bertz CT molecular complexity index is 942. The van der Waals surface area contributed by atoms with Gasteiger partial charge in [-0.15, -0.1) is 0 Å². The Morgan fingerprint density at radius 2 is 2.13 bits per heavy atom. The molecule has 23 heavy (non-hydrogen) atoms. The molecule has 1 atom stereocenters. The van der Waals surface area contributed by atoms with E-state index in [0.29, 0.717) is 23.0 Å². The average Bonchev–Trinajstić information content (AvgIpc) is 3.15. The van der Waals surface area contributed by atoms with Gasteiger partial charge in [-0.1, -0.05) is 0 Å². The lowest BCUT2D eigenvalue weighted by atomic mass is 10.1. The highest BCUT2D eigenvalue weighted by molar-refractivity contribution is 6.11. The highest BCUT2D eigenvalue weighted by Gasteiger charge is 2.21. The third-order valence-electron chi connectivity index (χ3n) is 3.47. The largest absolute Gasteiger partial charge is 0.463 e. The fourth-order valence-corrected chi connectivity index (χ4v) is 2.48. The zero-order valence-electron chi connectivity index (χ0n) is 11.7. The van der Waals surface area contributed by atoms with Gasteiger partial charge in [0, 0.05) is 11.5 Å². The predicted molar refractivity (Wildman–Crippen MR) is 80.3 cm³/mol. The summed E-state index contributed by atoms with van der Waals surface area (Å²) in [7, 11) is 0. The molecule has 1 unspecified atom stereocenters. The molecule has 0 saturated heterocycles. The molecule has 0 spiro atoms. The number of nitrogens with one attached hydrogen (secondary N) is 2. The second kappa shape index (κ2) is 5.03. The van der Waals surface area contributed by atoms with Crippen molar-refractivity contribution in [1.82, 2.24) is 15.5 Å². The van der Waals surface area contributed by atoms with Crippen molar-refractivity contribution in [3.8, 4) is 0 Å². The highest BCUT2D eigenvalue weighted by atomic mass is 19.1. The van der Waals surface area contributed by atoms with Crippen LogP contribution in [0.2, 0.25) is 0 Å². The molecule has 0 aliphatic carbocycles. The van der Waals surface area contributed by atoms with Crippen LogP contribution in [0.4, 0.5) is 8.78 Å². The monoisotopic (exact) mass is 315 g/mol. The maximum atomic E-state index is 13.8. The first-order chi connectivity index (χ1) is 11.1. The van der Waals surface area contributed by atoms with Gasteiger partial charge in [0.15, 0.2) is 11.7 Å². The number of aliphatic imine (C=N–C) groups is 1. The quantitative estimate of drug-likeness (QED) is 0.675. The number of furan rings is 1. The lowest BCUT2D eigenvalue weighted by molar-refractivity contribution is 0.549. The van der Waals surface area contributed by atoms with Crippen molar-refractivity contribution in [2.24, 2.45) is 10.7 Å². The normalized spacial score (nSPS) is 17.8. The van der Waals surface area contributed by atoms with Crippen molar-refractivity contribution in [3.63, 3.8) is 0 Å². The van der Waals surface area contributed by atoms with E-state index >= 15 is 0 Å². The Labute approximate surface area is 128 Å². The molecule has 116 valence electrons. The highest BCUT2D eigenvalue weighted by Crippen LogP contribution is 2.23. The first-order valence-electron chi connectivity index (χ1n) is 6.81. The molecule has 0 fully saturated rings. The molecule has 4 N–H and O–H groups in total. The van der Waals surface area contributed by atoms with Crippen LogP contribution in [0.1, 0.15) is 11.5 Å². The van der Waals surface area contributed by atoms with E-state index in [4.69, 9.17) is 10.2 Å². The van der Waals surface area contributed by atoms with E-state index in [1.54, 1.807) is 18.2 Å². The summed E-state index contributed by atoms with van der Waals surface area (Å²) in [6.45, 7) is 0. The van der Waals surface area contributed by atoms with Gasteiger partial charge in [0.25, 0.3) is 0 Å². The predicted octanol–water partition coefficient (Wildman–Crippen LogP) is 2.11. The fraction of sp³-hybridized carbons (Fsp3) is 0.0667. The lowest BCUT2D eigenvalue weighted by Gasteiger charge is -2.18. The van der Waals surface area contributed by atoms with Crippen molar-refractivity contribution in [3.05, 3.63) is 59.7 Å². The van der Waals surface area contributed by atoms with Gasteiger partial charge in [-0.2, -0.15) is 5.10 Å². The average molecular weight is 315 g/mol. The van der Waals surface area contributed by atoms with Crippen molar-refractivity contribution in [2.75, 3.05) is 0 Å². The van der Waals surface area contributed by atoms with Gasteiger partial charge >= 0.3 is 0 Å². The van der Waals surface area contributed by atoms with E-state index in [1.165, 1.54) is 12.3 Å². The van der Waals surface area contributed by atoms with Crippen LogP contribution >= 0.6 is 0 Å². The van der Waals surface area contributed by atoms with Crippen LogP contribution in [0, 0.1) is 11.6 Å². The molecule has 2 aromatic heterocycles. The summed E-state index contributed by atoms with van der Waals surface area (Å²) in [5.74, 6) is -0.530. The van der Waals surface area contributed by atoms with Crippen LogP contribution < -0.4 is 11.1 Å². The Morgan fingerprint density at radius 1 is 1.26 bits per heavy atom. The number of hydrogen-bond donors (Lipinski definition) is 3. The standard InChI is InChI=1S/C15H11F2N5O/c16-7-4-8-13(9(17)5-7)21-22-14(8)15-19-10(6-12(18)20-15)11-2-1-3-23-11/h1-6,12H,18H2,(H,19,20)(H,21,22). The van der Waals surface area contributed by atoms with Crippen LogP contribution in [0.25, 0.3) is 16.6 Å². The SMILES string of the molecule is NC1C=C(c2ccco2)NC(c2[nH]nc3c(F)cc(F)cc23)=N1. The molecule has 4 rings (SSSR count). The third-order valence-corrected chi connectivity index (χ3v) is 3.47. The Kier molecular flexibility index (Phi) is 2.98. The molecule has 3 heterocycles. The second-order valence-corrected chi connectivity index (χ2v) is 5.03. The molecule has 1 aliphatic heterocycles. The number of halogens is 2. The Hall–Kier alpha value is -3.00. The molecule has 3 aromatic rings. The van der Waals surface area contributed by atoms with Crippen molar-refractivity contribution < 1.29 is 13.2 Å². The van der Waals surface area contributed by atoms with E-state index in [9.17, 15) is 8.78 Å². The van der Waals surface area contributed by atoms with Crippen LogP contribution in [0.5, 0.6) is 0 Å². The van der Waals surface area contributed by atoms with Crippen LogP contribution in [0.15, 0.2) is 46.0 Å². The second-order valence-electron chi connectivity index (χ2n) is 5.03. The summed E-state index contributed by atoms with van der Waals surface area (Å²) >= 11 is 0. The van der Waals surface area contributed by atoms with Gasteiger partial charge in [0.05, 0.1) is 12.0 Å². The number of nitrogens with two attached hydrogens (primary N) is 1. The maximum absolute atomic E-state index is 13.8. The van der Waals surface area contributed by atoms with Crippen LogP contribution in [0.3, 0.4) is 0 Å². The van der Waals surface area contributed by atoms with Gasteiger partial charge < -0.3 is 15.5 Å². The minimum absolute atomic E-state index is 0.0357. The number of amidine groups is 1. The van der Waals surface area contributed by atoms with E-state index < -0.39 is 17.8 Å². The van der Waals surface area contributed by atoms with Crippen LogP contribution in [-0.4, -0.2) is 22.2 Å². The molecular weight excluding hydrogens is 304 g/mol. The van der Waals surface area contributed by atoms with Crippen molar-refractivity contribution in [1.29, 1.82) is 0 Å². The molecule has 0 saturated carbocycles. The van der Waals surface area contributed by atoms with E-state index in [-0.39, 0.29) is 10.9 Å². The number of nitrogens with zero attached hydrogens (tertiary/aromatic N) is 2. The topological polar surface area (TPSA) is 92.2 Å². The van der Waals surface area contributed by atoms with E-state index in [1.807, 2.05) is 0 Å². The number of hydrogen-bond acceptors (Lipinski definition) is 5. The summed E-state index contributed by atoms with van der Waals surface area (Å²) in [5.41, 5.74) is 6.91. The summed E-state index contributed by atoms with van der Waals surface area (Å²) < 4.78 is 32.6. The van der Waals surface area contributed by atoms with Gasteiger partial charge in [0.1, 0.15) is 29.0 Å². The van der Waals surface area contributed by atoms with Gasteiger partial charge in [-0.25, -0.2) is 13.8 Å². The molecule has 1 aromatic carbocycles. The molecule has 6 nitrogen and oxygen atoms in total. The lowest BCUT2D eigenvalue weighted by Crippen LogP contribution is -2.33. The summed E-state index contributed by atoms with van der Waals surface area (Å²) in [6.07, 6.45) is 2.59. The molecular formula is C15H11F2N5O. The van der Waals surface area contributed by atoms with Gasteiger partial charge in [-0.05, 0) is 24.3 Å². The summed E-state index contributed by atoms with van der Waals surface area (Å²) in [4.78, 5) is 4.24. The number of rotatable bonds is 2. The summed E-state index contributed by atoms with van der Waals surface area (Å²) in [6, 6.07) is 5.48. The number of fused-ring (bicyclic) bond motifs is 1. The number of aromatic amines is 1. The molecule has 1 aliphatic rings.